The van der Waals surface area contributed by atoms with Crippen molar-refractivity contribution in [1.82, 2.24) is 4.90 Å². The van der Waals surface area contributed by atoms with E-state index in [-0.39, 0.29) is 22.7 Å². The van der Waals surface area contributed by atoms with Crippen LogP contribution in [0.5, 0.6) is 5.75 Å². The van der Waals surface area contributed by atoms with E-state index in [1.165, 1.54) is 29.2 Å². The van der Waals surface area contributed by atoms with Gasteiger partial charge in [-0.05, 0) is 66.7 Å². The fraction of sp³-hybridized carbons (Fsp3) is 0.172. The first-order chi connectivity index (χ1) is 19.8. The number of thiocarbonyl (C=S) groups is 1. The maximum absolute atomic E-state index is 13.5. The van der Waals surface area contributed by atoms with E-state index in [9.17, 15) is 18.8 Å². The predicted molar refractivity (Wildman–Crippen MR) is 161 cm³/mol. The van der Waals surface area contributed by atoms with Crippen LogP contribution in [-0.2, 0) is 14.3 Å². The molecule has 0 atom stereocenters. The van der Waals surface area contributed by atoms with Crippen molar-refractivity contribution in [1.29, 1.82) is 0 Å². The number of halogens is 2. The molecular weight excluding hydrogens is 589 g/mol. The van der Waals surface area contributed by atoms with Crippen LogP contribution in [0.2, 0.25) is 5.02 Å². The molecule has 0 spiro atoms. The van der Waals surface area contributed by atoms with Gasteiger partial charge in [-0.15, -0.1) is 0 Å². The number of morpholine rings is 1. The van der Waals surface area contributed by atoms with E-state index < -0.39 is 11.7 Å². The maximum Gasteiger partial charge on any atom is 0.270 e. The van der Waals surface area contributed by atoms with Gasteiger partial charge in [0.25, 0.3) is 17.7 Å². The molecule has 5 rings (SSSR count). The fourth-order valence-corrected chi connectivity index (χ4v) is 5.63. The van der Waals surface area contributed by atoms with Crippen molar-refractivity contribution in [2.45, 2.75) is 0 Å². The molecule has 0 aliphatic carbocycles. The van der Waals surface area contributed by atoms with Crippen LogP contribution in [0.3, 0.4) is 0 Å². The van der Waals surface area contributed by atoms with Crippen LogP contribution in [0.1, 0.15) is 15.9 Å². The minimum Gasteiger partial charge on any atom is -0.483 e. The summed E-state index contributed by atoms with van der Waals surface area (Å²) < 4.78 is 24.6. The molecule has 0 unspecified atom stereocenters. The molecule has 0 bridgehead atoms. The molecule has 8 nitrogen and oxygen atoms in total. The highest BCUT2D eigenvalue weighted by atomic mass is 35.5. The van der Waals surface area contributed by atoms with Gasteiger partial charge in [0.05, 0.1) is 23.8 Å². The molecule has 0 saturated carbocycles. The normalized spacial score (nSPS) is 16.3. The summed E-state index contributed by atoms with van der Waals surface area (Å²) in [5.41, 5.74) is 1.66. The van der Waals surface area contributed by atoms with Gasteiger partial charge >= 0.3 is 0 Å². The number of benzene rings is 3. The lowest BCUT2D eigenvalue weighted by atomic mass is 10.1. The van der Waals surface area contributed by atoms with Crippen LogP contribution in [0.25, 0.3) is 6.08 Å². The van der Waals surface area contributed by atoms with E-state index in [4.69, 9.17) is 33.3 Å². The van der Waals surface area contributed by atoms with Gasteiger partial charge in [0, 0.05) is 34.9 Å². The van der Waals surface area contributed by atoms with Crippen LogP contribution < -0.4 is 15.0 Å². The molecule has 3 aromatic carbocycles. The zero-order chi connectivity index (χ0) is 28.9. The highest BCUT2D eigenvalue weighted by molar-refractivity contribution is 8.27. The van der Waals surface area contributed by atoms with Crippen LogP contribution in [-0.4, -0.2) is 59.9 Å². The Morgan fingerprint density at radius 3 is 2.61 bits per heavy atom. The van der Waals surface area contributed by atoms with Crippen molar-refractivity contribution in [3.63, 3.8) is 0 Å². The number of nitrogens with one attached hydrogen (secondary N) is 1. The van der Waals surface area contributed by atoms with Crippen LogP contribution >= 0.6 is 35.6 Å². The van der Waals surface area contributed by atoms with Crippen molar-refractivity contribution in [2.75, 3.05) is 43.1 Å². The van der Waals surface area contributed by atoms with Crippen molar-refractivity contribution in [3.8, 4) is 5.75 Å². The highest BCUT2D eigenvalue weighted by Gasteiger charge is 2.34. The molecule has 2 heterocycles. The number of hydrogen-bond donors (Lipinski definition) is 1. The van der Waals surface area contributed by atoms with Gasteiger partial charge in [0.15, 0.2) is 10.9 Å². The number of thioether (sulfide) groups is 1. The number of amides is 3. The minimum absolute atomic E-state index is 0.163. The summed E-state index contributed by atoms with van der Waals surface area (Å²) >= 11 is 12.8. The quantitative estimate of drug-likeness (QED) is 0.284. The number of anilines is 2. The first-order valence-corrected chi connectivity index (χ1v) is 14.1. The van der Waals surface area contributed by atoms with E-state index in [0.717, 1.165) is 11.8 Å². The Labute approximate surface area is 250 Å². The second-order valence-corrected chi connectivity index (χ2v) is 11.1. The van der Waals surface area contributed by atoms with Crippen molar-refractivity contribution >= 4 is 75.1 Å². The number of nitrogens with zero attached hydrogens (tertiary/aromatic N) is 2. The molecule has 2 saturated heterocycles. The molecule has 1 N–H and O–H groups in total. The number of carbonyl (C=O) groups is 3. The summed E-state index contributed by atoms with van der Waals surface area (Å²) in [5, 5.41) is 3.13. The molecule has 0 aromatic heterocycles. The summed E-state index contributed by atoms with van der Waals surface area (Å²) in [4.78, 5) is 42.2. The van der Waals surface area contributed by atoms with Gasteiger partial charge in [0.1, 0.15) is 11.6 Å². The summed E-state index contributed by atoms with van der Waals surface area (Å²) in [6.07, 6.45) is 1.62. The second-order valence-electron chi connectivity index (χ2n) is 8.99. The topological polar surface area (TPSA) is 88.2 Å². The lowest BCUT2D eigenvalue weighted by molar-refractivity contribution is -0.137. The Hall–Kier alpha value is -3.77. The Balaban J connectivity index is 1.32. The largest absolute Gasteiger partial charge is 0.483 e. The van der Waals surface area contributed by atoms with Gasteiger partial charge in [-0.3, -0.25) is 19.3 Å². The van der Waals surface area contributed by atoms with E-state index in [1.54, 1.807) is 53.4 Å². The third-order valence-corrected chi connectivity index (χ3v) is 7.77. The molecular formula is C29H23ClFN3O5S2. The van der Waals surface area contributed by atoms with E-state index in [2.05, 4.69) is 5.32 Å². The third-order valence-electron chi connectivity index (χ3n) is 6.24. The zero-order valence-corrected chi connectivity index (χ0v) is 23.9. The molecule has 41 heavy (non-hydrogen) atoms. The van der Waals surface area contributed by atoms with Gasteiger partial charge in [0.2, 0.25) is 0 Å². The van der Waals surface area contributed by atoms with Crippen molar-refractivity contribution in [3.05, 3.63) is 93.6 Å². The number of rotatable bonds is 7. The Kier molecular flexibility index (Phi) is 8.99. The minimum atomic E-state index is -0.424. The lowest BCUT2D eigenvalue weighted by Crippen LogP contribution is -2.43. The third kappa shape index (κ3) is 6.94. The molecule has 0 radical (unpaired) electrons. The first-order valence-electron chi connectivity index (χ1n) is 12.5. The van der Waals surface area contributed by atoms with Gasteiger partial charge in [-0.25, -0.2) is 4.39 Å². The lowest BCUT2D eigenvalue weighted by Gasteiger charge is -2.26. The van der Waals surface area contributed by atoms with Gasteiger partial charge < -0.3 is 19.7 Å². The average molecular weight is 612 g/mol. The molecule has 2 aliphatic heterocycles. The number of carbonyl (C=O) groups excluding carboxylic acids is 3. The monoisotopic (exact) mass is 611 g/mol. The van der Waals surface area contributed by atoms with Gasteiger partial charge in [-0.1, -0.05) is 41.6 Å². The highest BCUT2D eigenvalue weighted by Crippen LogP contribution is 2.38. The Morgan fingerprint density at radius 2 is 1.85 bits per heavy atom. The first kappa shape index (κ1) is 28.7. The SMILES string of the molecule is O=C(Nc1ccc(F)cc1)c1cccc(N2C(=O)/C(=C\c3cc(Cl)ccc3OCC(=O)N3CCOCC3)SC2=S)c1. The van der Waals surface area contributed by atoms with Crippen molar-refractivity contribution in [2.24, 2.45) is 0 Å². The molecule has 3 amide bonds. The van der Waals surface area contributed by atoms with Gasteiger partial charge in [-0.2, -0.15) is 0 Å². The van der Waals surface area contributed by atoms with E-state index >= 15 is 0 Å². The Bertz CT molecular complexity index is 1540. The molecule has 210 valence electrons. The standard InChI is InChI=1S/C29H23ClFN3O5S2/c30-20-4-9-24(39-17-26(35)33-10-12-38-13-11-33)19(14-20)16-25-28(37)34(29(40)41-25)23-3-1-2-18(15-23)27(36)32-22-7-5-21(31)6-8-22/h1-9,14-16H,10-13,17H2,(H,32,36)/b25-16+. The zero-order valence-electron chi connectivity index (χ0n) is 21.5. The summed E-state index contributed by atoms with van der Waals surface area (Å²) in [6.45, 7) is 1.82. The second kappa shape index (κ2) is 12.8. The summed E-state index contributed by atoms with van der Waals surface area (Å²) in [5.74, 6) is -0.992. The van der Waals surface area contributed by atoms with Crippen LogP contribution in [0, 0.1) is 5.82 Å². The summed E-state index contributed by atoms with van der Waals surface area (Å²) in [7, 11) is 0. The molecule has 3 aromatic rings. The van der Waals surface area contributed by atoms with Crippen LogP contribution in [0.4, 0.5) is 15.8 Å². The predicted octanol–water partition coefficient (Wildman–Crippen LogP) is 5.37. The van der Waals surface area contributed by atoms with Crippen molar-refractivity contribution < 1.29 is 28.2 Å². The molecule has 12 heteroatoms. The van der Waals surface area contributed by atoms with E-state index in [1.807, 2.05) is 0 Å². The van der Waals surface area contributed by atoms with E-state index in [0.29, 0.717) is 64.5 Å². The fourth-order valence-electron chi connectivity index (χ4n) is 4.16. The van der Waals surface area contributed by atoms with Crippen LogP contribution in [0.15, 0.2) is 71.6 Å². The number of hydrogen-bond acceptors (Lipinski definition) is 7. The average Bonchev–Trinajstić information content (AvgIpc) is 3.26. The summed E-state index contributed by atoms with van der Waals surface area (Å²) in [6, 6.07) is 16.8. The number of ether oxygens (including phenoxy) is 2. The smallest absolute Gasteiger partial charge is 0.270 e. The molecule has 2 aliphatic rings. The Morgan fingerprint density at radius 1 is 1.10 bits per heavy atom. The molecule has 2 fully saturated rings. The maximum atomic E-state index is 13.5.